The van der Waals surface area contributed by atoms with Crippen LogP contribution < -0.4 is 5.32 Å². The minimum Gasteiger partial charge on any atom is -0.452 e. The molecule has 0 saturated heterocycles. The van der Waals surface area contributed by atoms with Gasteiger partial charge in [0.1, 0.15) is 0 Å². The Morgan fingerprint density at radius 3 is 2.50 bits per heavy atom. The number of ether oxygens (including phenoxy) is 1. The van der Waals surface area contributed by atoms with Crippen LogP contribution in [-0.2, 0) is 19.4 Å². The van der Waals surface area contributed by atoms with Gasteiger partial charge in [-0.15, -0.1) is 0 Å². The van der Waals surface area contributed by atoms with Gasteiger partial charge in [-0.2, -0.15) is 0 Å². The highest BCUT2D eigenvalue weighted by atomic mass is 35.5. The fourth-order valence-corrected chi connectivity index (χ4v) is 3.08. The molecule has 6 nitrogen and oxygen atoms in total. The van der Waals surface area contributed by atoms with Crippen molar-refractivity contribution in [1.29, 1.82) is 0 Å². The first-order valence-corrected chi connectivity index (χ1v) is 9.96. The molecule has 0 heterocycles. The number of sulfone groups is 1. The van der Waals surface area contributed by atoms with Gasteiger partial charge in [-0.25, -0.2) is 13.2 Å². The molecule has 0 spiro atoms. The summed E-state index contributed by atoms with van der Waals surface area (Å²) in [6.07, 6.45) is 1.04. The van der Waals surface area contributed by atoms with Crippen molar-refractivity contribution in [3.63, 3.8) is 0 Å². The van der Waals surface area contributed by atoms with Crippen LogP contribution in [-0.4, -0.2) is 33.2 Å². The summed E-state index contributed by atoms with van der Waals surface area (Å²) in [6, 6.07) is 12.2. The quantitative estimate of drug-likeness (QED) is 0.759. The van der Waals surface area contributed by atoms with E-state index in [4.69, 9.17) is 16.3 Å². The summed E-state index contributed by atoms with van der Waals surface area (Å²) in [5, 5.41) is 3.25. The monoisotopic (exact) mass is 395 g/mol. The molecule has 1 N–H and O–H groups in total. The molecule has 2 aromatic carbocycles. The summed E-state index contributed by atoms with van der Waals surface area (Å²) >= 11 is 5.92. The molecule has 0 aliphatic heterocycles. The molecular weight excluding hydrogens is 378 g/mol. The molecule has 2 rings (SSSR count). The zero-order valence-electron chi connectivity index (χ0n) is 14.2. The Kier molecular flexibility index (Phi) is 6.39. The van der Waals surface area contributed by atoms with E-state index in [2.05, 4.69) is 5.32 Å². The second kappa shape index (κ2) is 8.33. The smallest absolute Gasteiger partial charge is 0.338 e. The lowest BCUT2D eigenvalue weighted by Gasteiger charge is -2.14. The first kappa shape index (κ1) is 19.9. The fourth-order valence-electron chi connectivity index (χ4n) is 2.21. The maximum absolute atomic E-state index is 12.0. The molecule has 0 bridgehead atoms. The van der Waals surface area contributed by atoms with E-state index in [1.54, 1.807) is 25.1 Å². The Balaban J connectivity index is 1.94. The molecule has 2 aromatic rings. The zero-order valence-corrected chi connectivity index (χ0v) is 15.8. The molecule has 1 atom stereocenters. The standard InChI is InChI=1S/C18H18ClNO5S/c1-12(13-5-3-7-15(19)9-13)20-17(21)11-25-18(22)14-6-4-8-16(10-14)26(2,23)24/h3-10,12H,11H2,1-2H3,(H,20,21). The summed E-state index contributed by atoms with van der Waals surface area (Å²) in [5.41, 5.74) is 0.877. The molecule has 138 valence electrons. The molecule has 1 amide bonds. The number of hydrogen-bond acceptors (Lipinski definition) is 5. The van der Waals surface area contributed by atoms with E-state index in [0.29, 0.717) is 5.02 Å². The van der Waals surface area contributed by atoms with E-state index in [0.717, 1.165) is 11.8 Å². The summed E-state index contributed by atoms with van der Waals surface area (Å²) < 4.78 is 28.0. The molecule has 0 aromatic heterocycles. The normalized spacial score (nSPS) is 12.3. The molecule has 0 radical (unpaired) electrons. The largest absolute Gasteiger partial charge is 0.452 e. The molecule has 0 aliphatic rings. The molecule has 0 saturated carbocycles. The van der Waals surface area contributed by atoms with Crippen LogP contribution in [0.1, 0.15) is 28.9 Å². The van der Waals surface area contributed by atoms with Crippen molar-refractivity contribution in [2.75, 3.05) is 12.9 Å². The van der Waals surface area contributed by atoms with Gasteiger partial charge in [0.15, 0.2) is 16.4 Å². The highest BCUT2D eigenvalue weighted by Gasteiger charge is 2.15. The topological polar surface area (TPSA) is 89.5 Å². The lowest BCUT2D eigenvalue weighted by molar-refractivity contribution is -0.124. The maximum atomic E-state index is 12.0. The van der Waals surface area contributed by atoms with Crippen molar-refractivity contribution < 1.29 is 22.7 Å². The van der Waals surface area contributed by atoms with E-state index in [9.17, 15) is 18.0 Å². The first-order valence-electron chi connectivity index (χ1n) is 7.69. The number of rotatable bonds is 6. The van der Waals surface area contributed by atoms with Gasteiger partial charge >= 0.3 is 5.97 Å². The van der Waals surface area contributed by atoms with Crippen molar-refractivity contribution >= 4 is 33.3 Å². The fraction of sp³-hybridized carbons (Fsp3) is 0.222. The van der Waals surface area contributed by atoms with Crippen LogP contribution in [0, 0.1) is 0 Å². The van der Waals surface area contributed by atoms with Crippen LogP contribution in [0.4, 0.5) is 0 Å². The summed E-state index contributed by atoms with van der Waals surface area (Å²) in [7, 11) is -3.44. The van der Waals surface area contributed by atoms with Gasteiger partial charge in [-0.05, 0) is 42.8 Å². The third-order valence-electron chi connectivity index (χ3n) is 3.56. The van der Waals surface area contributed by atoms with E-state index >= 15 is 0 Å². The molecule has 8 heteroatoms. The minimum absolute atomic E-state index is 0.00554. The van der Waals surface area contributed by atoms with E-state index in [-0.39, 0.29) is 16.5 Å². The highest BCUT2D eigenvalue weighted by molar-refractivity contribution is 7.90. The Labute approximate surface area is 157 Å². The van der Waals surface area contributed by atoms with Gasteiger partial charge < -0.3 is 10.1 Å². The number of carbonyl (C=O) groups excluding carboxylic acids is 2. The Morgan fingerprint density at radius 1 is 1.15 bits per heavy atom. The van der Waals surface area contributed by atoms with E-state index in [1.165, 1.54) is 24.3 Å². The van der Waals surface area contributed by atoms with Gasteiger partial charge in [0, 0.05) is 11.3 Å². The van der Waals surface area contributed by atoms with Crippen molar-refractivity contribution in [2.45, 2.75) is 17.9 Å². The predicted octanol–water partition coefficient (Wildman–Crippen LogP) is 2.78. The predicted molar refractivity (Wildman–Crippen MR) is 97.8 cm³/mol. The summed E-state index contributed by atoms with van der Waals surface area (Å²) in [5.74, 6) is -1.26. The minimum atomic E-state index is -3.44. The first-order chi connectivity index (χ1) is 12.2. The summed E-state index contributed by atoms with van der Waals surface area (Å²) in [4.78, 5) is 24.0. The van der Waals surface area contributed by atoms with Crippen LogP contribution in [0.5, 0.6) is 0 Å². The Morgan fingerprint density at radius 2 is 1.85 bits per heavy atom. The lowest BCUT2D eigenvalue weighted by Crippen LogP contribution is -2.31. The van der Waals surface area contributed by atoms with Crippen molar-refractivity contribution in [3.05, 3.63) is 64.7 Å². The van der Waals surface area contributed by atoms with Crippen LogP contribution in [0.15, 0.2) is 53.4 Å². The number of amides is 1. The number of benzene rings is 2. The summed E-state index contributed by atoms with van der Waals surface area (Å²) in [6.45, 7) is 1.30. The number of carbonyl (C=O) groups is 2. The van der Waals surface area contributed by atoms with Crippen LogP contribution in [0.3, 0.4) is 0 Å². The van der Waals surface area contributed by atoms with Gasteiger partial charge in [0.25, 0.3) is 5.91 Å². The Hall–Kier alpha value is -2.38. The van der Waals surface area contributed by atoms with E-state index in [1.807, 2.05) is 6.07 Å². The number of halogens is 1. The Bertz CT molecular complexity index is 927. The van der Waals surface area contributed by atoms with Crippen LogP contribution in [0.25, 0.3) is 0 Å². The van der Waals surface area contributed by atoms with Crippen molar-refractivity contribution in [3.8, 4) is 0 Å². The SMILES string of the molecule is CC(NC(=O)COC(=O)c1cccc(S(C)(=O)=O)c1)c1cccc(Cl)c1. The molecule has 26 heavy (non-hydrogen) atoms. The maximum Gasteiger partial charge on any atom is 0.338 e. The molecule has 0 aliphatic carbocycles. The second-order valence-electron chi connectivity index (χ2n) is 5.72. The molecular formula is C18H18ClNO5S. The van der Waals surface area contributed by atoms with Crippen molar-refractivity contribution in [2.24, 2.45) is 0 Å². The number of nitrogens with one attached hydrogen (secondary N) is 1. The third-order valence-corrected chi connectivity index (χ3v) is 4.90. The highest BCUT2D eigenvalue weighted by Crippen LogP contribution is 2.17. The molecule has 1 unspecified atom stereocenters. The van der Waals surface area contributed by atoms with E-state index < -0.39 is 28.3 Å². The van der Waals surface area contributed by atoms with Gasteiger partial charge in [0.2, 0.25) is 0 Å². The second-order valence-corrected chi connectivity index (χ2v) is 8.17. The van der Waals surface area contributed by atoms with Crippen LogP contribution >= 0.6 is 11.6 Å². The van der Waals surface area contributed by atoms with Gasteiger partial charge in [-0.1, -0.05) is 29.8 Å². The average molecular weight is 396 g/mol. The number of esters is 1. The van der Waals surface area contributed by atoms with Crippen molar-refractivity contribution in [1.82, 2.24) is 5.32 Å². The molecule has 0 fully saturated rings. The third kappa shape index (κ3) is 5.57. The average Bonchev–Trinajstić information content (AvgIpc) is 2.59. The zero-order chi connectivity index (χ0) is 19.3. The van der Waals surface area contributed by atoms with Gasteiger partial charge in [-0.3, -0.25) is 4.79 Å². The van der Waals surface area contributed by atoms with Crippen LogP contribution in [0.2, 0.25) is 5.02 Å². The van der Waals surface area contributed by atoms with Gasteiger partial charge in [0.05, 0.1) is 16.5 Å². The lowest BCUT2D eigenvalue weighted by atomic mass is 10.1. The number of hydrogen-bond donors (Lipinski definition) is 1.